The van der Waals surface area contributed by atoms with Gasteiger partial charge >= 0.3 is 0 Å². The smallest absolute Gasteiger partial charge is 0.218 e. The van der Waals surface area contributed by atoms with Crippen molar-refractivity contribution in [2.75, 3.05) is 0 Å². The second-order valence-corrected chi connectivity index (χ2v) is 4.12. The summed E-state index contributed by atoms with van der Waals surface area (Å²) in [5, 5.41) is 8.82. The van der Waals surface area contributed by atoms with Gasteiger partial charge in [-0.05, 0) is 38.9 Å². The summed E-state index contributed by atoms with van der Waals surface area (Å²) in [6.45, 7) is 4.27. The topological polar surface area (TPSA) is 28.0 Å². The lowest BCUT2D eigenvalue weighted by atomic mass is 10.2. The van der Waals surface area contributed by atoms with E-state index in [4.69, 9.17) is 12.2 Å². The van der Waals surface area contributed by atoms with Crippen LogP contribution in [0.3, 0.4) is 0 Å². The molecule has 0 spiro atoms. The third-order valence-electron chi connectivity index (χ3n) is 2.37. The number of rotatable bonds is 2. The van der Waals surface area contributed by atoms with E-state index in [1.807, 2.05) is 0 Å². The van der Waals surface area contributed by atoms with E-state index in [1.54, 1.807) is 0 Å². The van der Waals surface area contributed by atoms with Crippen LogP contribution in [0.4, 0.5) is 0 Å². The molecular formula is C8H13N3S. The van der Waals surface area contributed by atoms with Gasteiger partial charge in [0.15, 0.2) is 0 Å². The fraction of sp³-hybridized carbons (Fsp3) is 0.875. The van der Waals surface area contributed by atoms with Gasteiger partial charge in [0.05, 0.1) is 0 Å². The van der Waals surface area contributed by atoms with E-state index in [2.05, 4.69) is 29.0 Å². The Hall–Kier alpha value is -0.510. The first-order valence-electron chi connectivity index (χ1n) is 4.43. The van der Waals surface area contributed by atoms with Crippen molar-refractivity contribution in [3.05, 3.63) is 0 Å². The van der Waals surface area contributed by atoms with Crippen molar-refractivity contribution in [1.29, 1.82) is 0 Å². The Kier molecular flexibility index (Phi) is 1.87. The van der Waals surface area contributed by atoms with Crippen LogP contribution in [-0.4, -0.2) is 22.2 Å². The largest absolute Gasteiger partial charge is 0.320 e. The molecule has 1 aliphatic carbocycles. The first-order chi connectivity index (χ1) is 5.70. The van der Waals surface area contributed by atoms with Crippen molar-refractivity contribution in [3.63, 3.8) is 0 Å². The maximum atomic E-state index is 5.11. The van der Waals surface area contributed by atoms with Gasteiger partial charge in [0.2, 0.25) is 5.11 Å². The molecule has 1 aliphatic heterocycles. The minimum absolute atomic E-state index is 0.262. The first kappa shape index (κ1) is 8.10. The van der Waals surface area contributed by atoms with Crippen molar-refractivity contribution in [3.8, 4) is 0 Å². The molecule has 1 fully saturated rings. The minimum Gasteiger partial charge on any atom is -0.320 e. The number of hydrogen-bond donors (Lipinski definition) is 0. The van der Waals surface area contributed by atoms with Crippen molar-refractivity contribution < 1.29 is 0 Å². The summed E-state index contributed by atoms with van der Waals surface area (Å²) in [5.74, 6) is 0.719. The standard InChI is InChI=1S/C8H13N3S/c1-5(2)11-7(6-3-4-6)9-10-8(11)12/h5-7H,3-4H2,1-2H3. The van der Waals surface area contributed by atoms with Crippen LogP contribution in [0.15, 0.2) is 10.2 Å². The second kappa shape index (κ2) is 2.76. The van der Waals surface area contributed by atoms with Gasteiger partial charge in [-0.2, -0.15) is 5.11 Å². The maximum Gasteiger partial charge on any atom is 0.218 e. The van der Waals surface area contributed by atoms with Gasteiger partial charge in [-0.1, -0.05) is 0 Å². The molecule has 4 heteroatoms. The van der Waals surface area contributed by atoms with E-state index in [0.29, 0.717) is 11.2 Å². The molecule has 0 amide bonds. The molecule has 2 rings (SSSR count). The van der Waals surface area contributed by atoms with Gasteiger partial charge in [-0.15, -0.1) is 5.11 Å². The molecule has 0 radical (unpaired) electrons. The van der Waals surface area contributed by atoms with Crippen LogP contribution in [0, 0.1) is 5.92 Å². The van der Waals surface area contributed by atoms with Crippen molar-refractivity contribution in [1.82, 2.24) is 4.90 Å². The predicted octanol–water partition coefficient (Wildman–Crippen LogP) is 2.18. The highest BCUT2D eigenvalue weighted by atomic mass is 32.1. The Bertz CT molecular complexity index is 232. The molecule has 1 unspecified atom stereocenters. The molecule has 12 heavy (non-hydrogen) atoms. The van der Waals surface area contributed by atoms with Crippen molar-refractivity contribution in [2.45, 2.75) is 38.9 Å². The van der Waals surface area contributed by atoms with Crippen LogP contribution in [-0.2, 0) is 0 Å². The maximum absolute atomic E-state index is 5.11. The summed E-state index contributed by atoms with van der Waals surface area (Å²) >= 11 is 5.11. The van der Waals surface area contributed by atoms with Gasteiger partial charge in [-0.25, -0.2) is 0 Å². The van der Waals surface area contributed by atoms with Crippen molar-refractivity contribution in [2.24, 2.45) is 16.1 Å². The lowest BCUT2D eigenvalue weighted by Gasteiger charge is -2.26. The molecule has 1 heterocycles. The molecule has 66 valence electrons. The van der Waals surface area contributed by atoms with Crippen LogP contribution in [0.1, 0.15) is 26.7 Å². The lowest BCUT2D eigenvalue weighted by molar-refractivity contribution is 0.261. The van der Waals surface area contributed by atoms with Crippen LogP contribution in [0.25, 0.3) is 0 Å². The van der Waals surface area contributed by atoms with E-state index in [9.17, 15) is 0 Å². The average molecular weight is 183 g/mol. The third kappa shape index (κ3) is 1.24. The summed E-state index contributed by atoms with van der Waals surface area (Å²) in [7, 11) is 0. The van der Waals surface area contributed by atoms with Gasteiger partial charge in [0, 0.05) is 12.0 Å². The Morgan fingerprint density at radius 1 is 1.50 bits per heavy atom. The quantitative estimate of drug-likeness (QED) is 0.614. The molecule has 1 atom stereocenters. The monoisotopic (exact) mass is 183 g/mol. The highest BCUT2D eigenvalue weighted by Gasteiger charge is 2.40. The fourth-order valence-corrected chi connectivity index (χ4v) is 1.94. The SMILES string of the molecule is CC(C)N1C(=S)N=NC1C1CC1. The van der Waals surface area contributed by atoms with Gasteiger partial charge < -0.3 is 4.90 Å². The van der Waals surface area contributed by atoms with Crippen LogP contribution in [0.5, 0.6) is 0 Å². The number of hydrogen-bond acceptors (Lipinski definition) is 2. The third-order valence-corrected chi connectivity index (χ3v) is 2.66. The van der Waals surface area contributed by atoms with Gasteiger partial charge in [0.25, 0.3) is 0 Å². The lowest BCUT2D eigenvalue weighted by Crippen LogP contribution is -2.39. The molecule has 0 N–H and O–H groups in total. The summed E-state index contributed by atoms with van der Waals surface area (Å²) < 4.78 is 0. The first-order valence-corrected chi connectivity index (χ1v) is 4.84. The Morgan fingerprint density at radius 2 is 2.17 bits per heavy atom. The molecule has 0 aromatic heterocycles. The predicted molar refractivity (Wildman–Crippen MR) is 50.9 cm³/mol. The highest BCUT2D eigenvalue weighted by molar-refractivity contribution is 7.80. The summed E-state index contributed by atoms with van der Waals surface area (Å²) in [4.78, 5) is 2.15. The molecular weight excluding hydrogens is 170 g/mol. The molecule has 2 aliphatic rings. The second-order valence-electron chi connectivity index (χ2n) is 3.75. The van der Waals surface area contributed by atoms with E-state index in [0.717, 1.165) is 5.92 Å². The van der Waals surface area contributed by atoms with E-state index in [1.165, 1.54) is 12.8 Å². The molecule has 0 aromatic carbocycles. The number of nitrogens with zero attached hydrogens (tertiary/aromatic N) is 3. The zero-order valence-corrected chi connectivity index (χ0v) is 8.21. The van der Waals surface area contributed by atoms with Gasteiger partial charge in [-0.3, -0.25) is 0 Å². The average Bonchev–Trinajstić information content (AvgIpc) is 2.75. The molecule has 0 bridgehead atoms. The molecule has 0 saturated heterocycles. The summed E-state index contributed by atoms with van der Waals surface area (Å²) in [5.41, 5.74) is 0. The summed E-state index contributed by atoms with van der Waals surface area (Å²) in [6.07, 6.45) is 2.84. The van der Waals surface area contributed by atoms with Crippen LogP contribution in [0.2, 0.25) is 0 Å². The van der Waals surface area contributed by atoms with Crippen molar-refractivity contribution >= 4 is 17.3 Å². The van der Waals surface area contributed by atoms with Gasteiger partial charge in [0.1, 0.15) is 6.17 Å². The number of thiocarbonyl (C=S) groups is 1. The Morgan fingerprint density at radius 3 is 2.67 bits per heavy atom. The van der Waals surface area contributed by atoms with Crippen LogP contribution < -0.4 is 0 Å². The normalized spacial score (nSPS) is 29.1. The fourth-order valence-electron chi connectivity index (χ4n) is 1.57. The zero-order valence-electron chi connectivity index (χ0n) is 7.40. The number of azo groups is 1. The van der Waals surface area contributed by atoms with E-state index in [-0.39, 0.29) is 6.17 Å². The minimum atomic E-state index is 0.262. The highest BCUT2D eigenvalue weighted by Crippen LogP contribution is 2.39. The summed E-state index contributed by atoms with van der Waals surface area (Å²) in [6, 6.07) is 0.429. The Balaban J connectivity index is 2.12. The van der Waals surface area contributed by atoms with E-state index >= 15 is 0 Å². The van der Waals surface area contributed by atoms with Crippen LogP contribution >= 0.6 is 12.2 Å². The zero-order chi connectivity index (χ0) is 8.72. The molecule has 3 nitrogen and oxygen atoms in total. The molecule has 1 saturated carbocycles. The Labute approximate surface area is 77.8 Å². The molecule has 0 aromatic rings. The van der Waals surface area contributed by atoms with E-state index < -0.39 is 0 Å².